The number of hydrogen-bond donors (Lipinski definition) is 0. The first-order valence-electron chi connectivity index (χ1n) is 4.54. The van der Waals surface area contributed by atoms with Gasteiger partial charge < -0.3 is 0 Å². The van der Waals surface area contributed by atoms with Crippen molar-refractivity contribution in [2.24, 2.45) is 0 Å². The third-order valence-corrected chi connectivity index (χ3v) is 4.32. The largest absolute Gasteiger partial charge is 0.207 e. The van der Waals surface area contributed by atoms with Crippen LogP contribution in [0.15, 0.2) is 24.3 Å². The highest BCUT2D eigenvalue weighted by Crippen LogP contribution is 2.22. The fourth-order valence-electron chi connectivity index (χ4n) is 1.13. The summed E-state index contributed by atoms with van der Waals surface area (Å²) in [4.78, 5) is 0. The van der Waals surface area contributed by atoms with E-state index in [4.69, 9.17) is 23.2 Å². The van der Waals surface area contributed by atoms with Crippen LogP contribution in [0.3, 0.4) is 0 Å². The van der Waals surface area contributed by atoms with Crippen molar-refractivity contribution in [1.29, 1.82) is 0 Å². The van der Waals surface area contributed by atoms with Crippen LogP contribution in [0.5, 0.6) is 0 Å². The van der Waals surface area contributed by atoms with Crippen LogP contribution >= 0.6 is 46.3 Å². The Balaban J connectivity index is 1.82. The molecule has 2 aromatic rings. The summed E-state index contributed by atoms with van der Waals surface area (Å²) < 4.78 is 0.502. The van der Waals surface area contributed by atoms with Crippen LogP contribution in [0.2, 0.25) is 9.49 Å². The zero-order valence-corrected chi connectivity index (χ0v) is 11.3. The van der Waals surface area contributed by atoms with E-state index in [2.05, 4.69) is 10.2 Å². The monoisotopic (exact) mass is 290 g/mol. The van der Waals surface area contributed by atoms with Gasteiger partial charge in [0, 0.05) is 16.5 Å². The van der Waals surface area contributed by atoms with E-state index in [1.807, 2.05) is 24.3 Å². The lowest BCUT2D eigenvalue weighted by Crippen LogP contribution is -1.82. The Labute approximate surface area is 112 Å². The Morgan fingerprint density at radius 2 is 1.81 bits per heavy atom. The maximum absolute atomic E-state index is 5.81. The lowest BCUT2D eigenvalue weighted by molar-refractivity contribution is 1.04. The fraction of sp³-hybridized carbons (Fsp3) is 0.200. The maximum Gasteiger partial charge on any atom is 0.207 e. The van der Waals surface area contributed by atoms with Crippen LogP contribution < -0.4 is 0 Å². The molecule has 16 heavy (non-hydrogen) atoms. The molecule has 6 heteroatoms. The normalized spacial score (nSPS) is 10.6. The first kappa shape index (κ1) is 12.2. The highest BCUT2D eigenvalue weighted by atomic mass is 35.5. The topological polar surface area (TPSA) is 25.8 Å². The van der Waals surface area contributed by atoms with Gasteiger partial charge in [-0.05, 0) is 29.3 Å². The van der Waals surface area contributed by atoms with Gasteiger partial charge in [0.1, 0.15) is 5.01 Å². The van der Waals surface area contributed by atoms with Crippen molar-refractivity contribution in [3.05, 3.63) is 44.3 Å². The molecule has 0 radical (unpaired) electrons. The van der Waals surface area contributed by atoms with E-state index in [0.717, 1.165) is 21.5 Å². The second-order valence-electron chi connectivity index (χ2n) is 3.07. The summed E-state index contributed by atoms with van der Waals surface area (Å²) in [5.41, 5.74) is 1.25. The lowest BCUT2D eigenvalue weighted by Gasteiger charge is -1.99. The summed E-state index contributed by atoms with van der Waals surface area (Å²) in [5.74, 6) is 1.78. The van der Waals surface area contributed by atoms with Crippen LogP contribution in [0.1, 0.15) is 10.6 Å². The van der Waals surface area contributed by atoms with Crippen LogP contribution in [-0.4, -0.2) is 10.2 Å². The molecule has 0 fully saturated rings. The van der Waals surface area contributed by atoms with Gasteiger partial charge in [0.15, 0.2) is 0 Å². The molecule has 0 bridgehead atoms. The number of thioether (sulfide) groups is 1. The first-order chi connectivity index (χ1) is 7.74. The Kier molecular flexibility index (Phi) is 4.46. The molecule has 0 amide bonds. The van der Waals surface area contributed by atoms with Gasteiger partial charge in [-0.1, -0.05) is 35.1 Å². The van der Waals surface area contributed by atoms with Gasteiger partial charge >= 0.3 is 0 Å². The first-order valence-corrected chi connectivity index (χ1v) is 7.27. The van der Waals surface area contributed by atoms with Crippen molar-refractivity contribution in [2.45, 2.75) is 11.5 Å². The van der Waals surface area contributed by atoms with E-state index in [1.54, 1.807) is 11.8 Å². The third-order valence-electron chi connectivity index (χ3n) is 1.85. The van der Waals surface area contributed by atoms with Gasteiger partial charge in [0.25, 0.3) is 0 Å². The number of benzene rings is 1. The quantitative estimate of drug-likeness (QED) is 0.841. The van der Waals surface area contributed by atoms with Crippen molar-refractivity contribution in [2.75, 3.05) is 0 Å². The highest BCUT2D eigenvalue weighted by Gasteiger charge is 2.02. The molecule has 0 aliphatic carbocycles. The molecular formula is C10H8Cl2N2S2. The lowest BCUT2D eigenvalue weighted by atomic mass is 10.2. The van der Waals surface area contributed by atoms with Crippen molar-refractivity contribution >= 4 is 46.3 Å². The van der Waals surface area contributed by atoms with E-state index in [1.165, 1.54) is 16.9 Å². The molecule has 0 atom stereocenters. The van der Waals surface area contributed by atoms with Crippen molar-refractivity contribution in [1.82, 2.24) is 10.2 Å². The van der Waals surface area contributed by atoms with Crippen LogP contribution in [0.25, 0.3) is 0 Å². The SMILES string of the molecule is Clc1ccc(CSCc2nnc(Cl)s2)cc1. The second-order valence-corrected chi connectivity index (χ2v) is 6.13. The molecule has 0 aliphatic rings. The standard InChI is InChI=1S/C10H8Cl2N2S2/c11-8-3-1-7(2-4-8)5-15-6-9-13-14-10(12)16-9/h1-4H,5-6H2. The predicted octanol–water partition coefficient (Wildman–Crippen LogP) is 4.28. The van der Waals surface area contributed by atoms with E-state index in [0.29, 0.717) is 4.47 Å². The minimum atomic E-state index is 0.502. The zero-order chi connectivity index (χ0) is 11.4. The van der Waals surface area contributed by atoms with E-state index in [9.17, 15) is 0 Å². The van der Waals surface area contributed by atoms with Gasteiger partial charge in [0.05, 0.1) is 0 Å². The summed E-state index contributed by atoms with van der Waals surface area (Å²) in [7, 11) is 0. The number of aromatic nitrogens is 2. The molecule has 0 N–H and O–H groups in total. The number of halogens is 2. The Hall–Kier alpha value is -0.290. The molecule has 0 saturated carbocycles. The number of rotatable bonds is 4. The minimum absolute atomic E-state index is 0.502. The highest BCUT2D eigenvalue weighted by molar-refractivity contribution is 7.97. The Morgan fingerprint density at radius 3 is 2.44 bits per heavy atom. The van der Waals surface area contributed by atoms with Gasteiger partial charge in [0.2, 0.25) is 4.47 Å². The van der Waals surface area contributed by atoms with Gasteiger partial charge in [-0.15, -0.1) is 22.0 Å². The Morgan fingerprint density at radius 1 is 1.06 bits per heavy atom. The van der Waals surface area contributed by atoms with Crippen LogP contribution in [-0.2, 0) is 11.5 Å². The maximum atomic E-state index is 5.81. The van der Waals surface area contributed by atoms with Crippen molar-refractivity contribution < 1.29 is 0 Å². The molecule has 84 valence electrons. The minimum Gasteiger partial charge on any atom is -0.150 e. The average molecular weight is 291 g/mol. The molecule has 1 aromatic carbocycles. The summed E-state index contributed by atoms with van der Waals surface area (Å²) in [5, 5.41) is 9.44. The second kappa shape index (κ2) is 5.87. The van der Waals surface area contributed by atoms with Gasteiger partial charge in [-0.3, -0.25) is 0 Å². The fourth-order valence-corrected chi connectivity index (χ4v) is 3.17. The van der Waals surface area contributed by atoms with Crippen molar-refractivity contribution in [3.63, 3.8) is 0 Å². The summed E-state index contributed by atoms with van der Waals surface area (Å²) >= 11 is 14.7. The predicted molar refractivity (Wildman–Crippen MR) is 71.4 cm³/mol. The molecule has 0 unspecified atom stereocenters. The van der Waals surface area contributed by atoms with Crippen LogP contribution in [0, 0.1) is 0 Å². The molecular weight excluding hydrogens is 283 g/mol. The van der Waals surface area contributed by atoms with Crippen molar-refractivity contribution in [3.8, 4) is 0 Å². The van der Waals surface area contributed by atoms with Gasteiger partial charge in [-0.25, -0.2) is 0 Å². The molecule has 1 aromatic heterocycles. The average Bonchev–Trinajstić information content (AvgIpc) is 2.67. The summed E-state index contributed by atoms with van der Waals surface area (Å²) in [6, 6.07) is 7.86. The molecule has 0 spiro atoms. The number of nitrogens with zero attached hydrogens (tertiary/aromatic N) is 2. The molecule has 0 saturated heterocycles. The van der Waals surface area contributed by atoms with Crippen LogP contribution in [0.4, 0.5) is 0 Å². The zero-order valence-electron chi connectivity index (χ0n) is 8.19. The number of hydrogen-bond acceptors (Lipinski definition) is 4. The third kappa shape index (κ3) is 3.63. The molecule has 1 heterocycles. The van der Waals surface area contributed by atoms with E-state index in [-0.39, 0.29) is 0 Å². The summed E-state index contributed by atoms with van der Waals surface area (Å²) in [6.45, 7) is 0. The molecule has 2 rings (SSSR count). The molecule has 0 aliphatic heterocycles. The molecule has 2 nitrogen and oxygen atoms in total. The Bertz CT molecular complexity index is 456. The van der Waals surface area contributed by atoms with E-state index < -0.39 is 0 Å². The smallest absolute Gasteiger partial charge is 0.150 e. The van der Waals surface area contributed by atoms with E-state index >= 15 is 0 Å². The van der Waals surface area contributed by atoms with Gasteiger partial charge in [-0.2, -0.15) is 0 Å². The summed E-state index contributed by atoms with van der Waals surface area (Å²) in [6.07, 6.45) is 0.